The van der Waals surface area contributed by atoms with Crippen LogP contribution in [0.25, 0.3) is 0 Å². The minimum atomic E-state index is -3.85. The third kappa shape index (κ3) is 3.41. The summed E-state index contributed by atoms with van der Waals surface area (Å²) < 4.78 is 39.6. The molecule has 0 bridgehead atoms. The van der Waals surface area contributed by atoms with Gasteiger partial charge in [-0.25, -0.2) is 17.5 Å². The molecule has 0 spiro atoms. The first-order valence-electron chi connectivity index (χ1n) is 4.40. The van der Waals surface area contributed by atoms with E-state index in [0.717, 1.165) is 6.07 Å². The number of hydrogen-bond acceptors (Lipinski definition) is 2. The van der Waals surface area contributed by atoms with Crippen molar-refractivity contribution in [2.24, 2.45) is 0 Å². The maximum absolute atomic E-state index is 13.4. The van der Waals surface area contributed by atoms with Gasteiger partial charge < -0.3 is 0 Å². The van der Waals surface area contributed by atoms with Crippen LogP contribution in [0.2, 0.25) is 0 Å². The molecule has 0 radical (unpaired) electrons. The number of sulfonamides is 1. The van der Waals surface area contributed by atoms with Crippen LogP contribution in [-0.4, -0.2) is 20.3 Å². The zero-order valence-electron chi connectivity index (χ0n) is 8.38. The lowest BCUT2D eigenvalue weighted by Crippen LogP contribution is -2.34. The van der Waals surface area contributed by atoms with E-state index in [2.05, 4.69) is 20.7 Å². The Morgan fingerprint density at radius 3 is 2.69 bits per heavy atom. The van der Waals surface area contributed by atoms with E-state index in [1.807, 2.05) is 0 Å². The summed E-state index contributed by atoms with van der Waals surface area (Å²) in [5, 5.41) is 0. The van der Waals surface area contributed by atoms with E-state index in [1.165, 1.54) is 12.1 Å². The van der Waals surface area contributed by atoms with Gasteiger partial charge in [0, 0.05) is 16.4 Å². The predicted octanol–water partition coefficient (Wildman–Crippen LogP) is 2.49. The van der Waals surface area contributed by atoms with Gasteiger partial charge in [0.05, 0.1) is 0 Å². The molecule has 0 amide bonds. The molecule has 0 aliphatic carbocycles. The highest BCUT2D eigenvalue weighted by molar-refractivity contribution is 9.10. The molecular formula is C9H10BrClFNO2S. The number of rotatable bonds is 4. The fraction of sp³-hybridized carbons (Fsp3) is 0.333. The van der Waals surface area contributed by atoms with Crippen LogP contribution < -0.4 is 4.72 Å². The van der Waals surface area contributed by atoms with E-state index in [4.69, 9.17) is 11.6 Å². The Morgan fingerprint density at radius 1 is 1.56 bits per heavy atom. The van der Waals surface area contributed by atoms with Crippen molar-refractivity contribution in [3.05, 3.63) is 28.5 Å². The summed E-state index contributed by atoms with van der Waals surface area (Å²) >= 11 is 8.53. The second kappa shape index (κ2) is 5.44. The molecule has 1 rings (SSSR count). The van der Waals surface area contributed by atoms with Crippen molar-refractivity contribution in [1.82, 2.24) is 4.72 Å². The third-order valence-electron chi connectivity index (χ3n) is 1.77. The Morgan fingerprint density at radius 2 is 2.19 bits per heavy atom. The number of hydrogen-bond donors (Lipinski definition) is 1. The molecule has 7 heteroatoms. The van der Waals surface area contributed by atoms with E-state index in [1.54, 1.807) is 6.92 Å². The Kier molecular flexibility index (Phi) is 4.73. The lowest BCUT2D eigenvalue weighted by atomic mass is 10.3. The largest absolute Gasteiger partial charge is 0.243 e. The summed E-state index contributed by atoms with van der Waals surface area (Å²) in [6.45, 7) is 1.60. The molecule has 0 fully saturated rings. The molecule has 0 saturated heterocycles. The molecule has 16 heavy (non-hydrogen) atoms. The van der Waals surface area contributed by atoms with E-state index in [9.17, 15) is 12.8 Å². The van der Waals surface area contributed by atoms with E-state index in [-0.39, 0.29) is 10.8 Å². The molecule has 1 N–H and O–H groups in total. The highest BCUT2D eigenvalue weighted by Gasteiger charge is 2.20. The lowest BCUT2D eigenvalue weighted by Gasteiger charge is -2.11. The van der Waals surface area contributed by atoms with Gasteiger partial charge in [-0.05, 0) is 25.1 Å². The van der Waals surface area contributed by atoms with Crippen molar-refractivity contribution in [3.8, 4) is 0 Å². The van der Waals surface area contributed by atoms with Crippen molar-refractivity contribution in [1.29, 1.82) is 0 Å². The smallest absolute Gasteiger partial charge is 0.207 e. The summed E-state index contributed by atoms with van der Waals surface area (Å²) in [4.78, 5) is -0.382. The van der Waals surface area contributed by atoms with Gasteiger partial charge in [0.1, 0.15) is 10.7 Å². The van der Waals surface area contributed by atoms with E-state index >= 15 is 0 Å². The molecule has 0 aliphatic heterocycles. The molecule has 1 unspecified atom stereocenters. The zero-order chi connectivity index (χ0) is 12.3. The Labute approximate surface area is 107 Å². The van der Waals surface area contributed by atoms with Crippen LogP contribution in [0.1, 0.15) is 6.92 Å². The number of benzene rings is 1. The summed E-state index contributed by atoms with van der Waals surface area (Å²) in [5.41, 5.74) is 0. The van der Waals surface area contributed by atoms with Crippen molar-refractivity contribution in [3.63, 3.8) is 0 Å². The van der Waals surface area contributed by atoms with Gasteiger partial charge in [0.2, 0.25) is 10.0 Å². The van der Waals surface area contributed by atoms with Crippen LogP contribution in [-0.2, 0) is 10.0 Å². The minimum Gasteiger partial charge on any atom is -0.207 e. The van der Waals surface area contributed by atoms with E-state index < -0.39 is 21.9 Å². The SMILES string of the molecule is CC(CCl)NS(=O)(=O)c1ccc(Br)cc1F. The molecule has 0 aliphatic rings. The minimum absolute atomic E-state index is 0.122. The molecule has 3 nitrogen and oxygen atoms in total. The standard InChI is InChI=1S/C9H10BrClFNO2S/c1-6(5-11)13-16(14,15)9-3-2-7(10)4-8(9)12/h2-4,6,13H,5H2,1H3. The lowest BCUT2D eigenvalue weighted by molar-refractivity contribution is 0.549. The molecular weight excluding hydrogens is 321 g/mol. The Balaban J connectivity index is 3.08. The molecule has 0 saturated carbocycles. The van der Waals surface area contributed by atoms with Crippen LogP contribution in [0, 0.1) is 5.82 Å². The van der Waals surface area contributed by atoms with Crippen LogP contribution in [0.5, 0.6) is 0 Å². The second-order valence-corrected chi connectivity index (χ2v) is 6.16. The molecule has 0 aromatic heterocycles. The van der Waals surface area contributed by atoms with Crippen molar-refractivity contribution in [2.75, 3.05) is 5.88 Å². The average molecular weight is 331 g/mol. The molecule has 1 atom stereocenters. The topological polar surface area (TPSA) is 46.2 Å². The van der Waals surface area contributed by atoms with E-state index in [0.29, 0.717) is 4.47 Å². The van der Waals surface area contributed by atoms with Gasteiger partial charge in [-0.15, -0.1) is 11.6 Å². The summed E-state index contributed by atoms with van der Waals surface area (Å²) in [7, 11) is -3.85. The van der Waals surface area contributed by atoms with Crippen molar-refractivity contribution >= 4 is 37.6 Å². The maximum atomic E-state index is 13.4. The summed E-state index contributed by atoms with van der Waals surface area (Å²) in [6, 6.07) is 3.31. The predicted molar refractivity (Wildman–Crippen MR) is 64.6 cm³/mol. The monoisotopic (exact) mass is 329 g/mol. The molecule has 0 heterocycles. The Bertz CT molecular complexity index is 480. The van der Waals surface area contributed by atoms with Gasteiger partial charge in [-0.2, -0.15) is 0 Å². The van der Waals surface area contributed by atoms with Crippen LogP contribution in [0.3, 0.4) is 0 Å². The summed E-state index contributed by atoms with van der Waals surface area (Å²) in [5.74, 6) is -0.680. The highest BCUT2D eigenvalue weighted by Crippen LogP contribution is 2.19. The fourth-order valence-corrected chi connectivity index (χ4v) is 2.86. The van der Waals surface area contributed by atoms with Crippen LogP contribution >= 0.6 is 27.5 Å². The van der Waals surface area contributed by atoms with Crippen LogP contribution in [0.15, 0.2) is 27.6 Å². The van der Waals surface area contributed by atoms with Gasteiger partial charge in [-0.1, -0.05) is 15.9 Å². The van der Waals surface area contributed by atoms with Gasteiger partial charge in [-0.3, -0.25) is 0 Å². The third-order valence-corrected chi connectivity index (χ3v) is 4.35. The molecule has 1 aromatic carbocycles. The quantitative estimate of drug-likeness (QED) is 0.862. The normalized spacial score (nSPS) is 13.8. The summed E-state index contributed by atoms with van der Waals surface area (Å²) in [6.07, 6.45) is 0. The number of nitrogens with one attached hydrogen (secondary N) is 1. The van der Waals surface area contributed by atoms with Gasteiger partial charge in [0.25, 0.3) is 0 Å². The second-order valence-electron chi connectivity index (χ2n) is 3.25. The molecule has 90 valence electrons. The zero-order valence-corrected chi connectivity index (χ0v) is 11.5. The fourth-order valence-electron chi connectivity index (χ4n) is 1.05. The van der Waals surface area contributed by atoms with Gasteiger partial charge in [0.15, 0.2) is 0 Å². The van der Waals surface area contributed by atoms with Crippen LogP contribution in [0.4, 0.5) is 4.39 Å². The first-order valence-corrected chi connectivity index (χ1v) is 7.21. The van der Waals surface area contributed by atoms with Gasteiger partial charge >= 0.3 is 0 Å². The maximum Gasteiger partial charge on any atom is 0.243 e. The number of alkyl halides is 1. The Hall–Kier alpha value is -0.170. The molecule has 1 aromatic rings. The highest BCUT2D eigenvalue weighted by atomic mass is 79.9. The first-order chi connectivity index (χ1) is 7.36. The average Bonchev–Trinajstić information content (AvgIpc) is 2.16. The first kappa shape index (κ1) is 13.9. The van der Waals surface area contributed by atoms with Crippen molar-refractivity contribution < 1.29 is 12.8 Å². The van der Waals surface area contributed by atoms with Crippen molar-refractivity contribution in [2.45, 2.75) is 17.9 Å². The number of halogens is 3.